The zero-order valence-electron chi connectivity index (χ0n) is 23.6. The van der Waals surface area contributed by atoms with Crippen molar-refractivity contribution in [2.24, 2.45) is 5.92 Å². The lowest BCUT2D eigenvalue weighted by Gasteiger charge is -2.38. The molecule has 2 aliphatic heterocycles. The number of nitrogens with one attached hydrogen (secondary N) is 2. The first kappa shape index (κ1) is 27.1. The molecule has 8 heteroatoms. The van der Waals surface area contributed by atoms with Gasteiger partial charge in [-0.2, -0.15) is 0 Å². The van der Waals surface area contributed by atoms with E-state index >= 15 is 0 Å². The van der Waals surface area contributed by atoms with Crippen LogP contribution in [0.1, 0.15) is 41.1 Å². The van der Waals surface area contributed by atoms with E-state index in [0.717, 1.165) is 69.2 Å². The molecule has 2 amide bonds. The van der Waals surface area contributed by atoms with Crippen LogP contribution in [0.3, 0.4) is 0 Å². The van der Waals surface area contributed by atoms with Gasteiger partial charge in [0.05, 0.1) is 24.5 Å². The van der Waals surface area contributed by atoms with Crippen molar-refractivity contribution in [3.05, 3.63) is 83.9 Å². The molecule has 3 fully saturated rings. The van der Waals surface area contributed by atoms with Gasteiger partial charge in [-0.25, -0.2) is 0 Å². The van der Waals surface area contributed by atoms with Crippen LogP contribution in [0.15, 0.2) is 72.8 Å². The van der Waals surface area contributed by atoms with Gasteiger partial charge in [0.2, 0.25) is 5.91 Å². The van der Waals surface area contributed by atoms with E-state index in [-0.39, 0.29) is 29.8 Å². The van der Waals surface area contributed by atoms with E-state index in [1.54, 1.807) is 7.11 Å². The van der Waals surface area contributed by atoms with E-state index in [1.807, 2.05) is 54.6 Å². The van der Waals surface area contributed by atoms with Crippen molar-refractivity contribution < 1.29 is 19.1 Å². The average Bonchev–Trinajstić information content (AvgIpc) is 3.67. The molecule has 3 aromatic rings. The number of piperazine rings is 1. The van der Waals surface area contributed by atoms with Gasteiger partial charge in [0.15, 0.2) is 0 Å². The van der Waals surface area contributed by atoms with Gasteiger partial charge in [0, 0.05) is 56.6 Å². The molecular formula is C33H38N4O4. The molecule has 1 saturated carbocycles. The lowest BCUT2D eigenvalue weighted by Crippen LogP contribution is -2.47. The van der Waals surface area contributed by atoms with Crippen molar-refractivity contribution in [1.29, 1.82) is 0 Å². The third-order valence-electron chi connectivity index (χ3n) is 8.42. The molecule has 2 N–H and O–H groups in total. The second kappa shape index (κ2) is 12.2. The molecule has 6 rings (SSSR count). The Morgan fingerprint density at radius 2 is 1.66 bits per heavy atom. The van der Waals surface area contributed by atoms with Crippen molar-refractivity contribution in [3.63, 3.8) is 0 Å². The van der Waals surface area contributed by atoms with Crippen LogP contribution in [0.2, 0.25) is 0 Å². The Bertz CT molecular complexity index is 1370. The molecule has 0 bridgehead atoms. The maximum absolute atomic E-state index is 13.5. The summed E-state index contributed by atoms with van der Waals surface area (Å²) in [7, 11) is 1.70. The predicted molar refractivity (Wildman–Crippen MR) is 161 cm³/mol. The minimum Gasteiger partial charge on any atom is -0.495 e. The van der Waals surface area contributed by atoms with Gasteiger partial charge < -0.3 is 29.9 Å². The van der Waals surface area contributed by atoms with Crippen LogP contribution in [0.5, 0.6) is 5.75 Å². The van der Waals surface area contributed by atoms with Gasteiger partial charge in [-0.15, -0.1) is 0 Å². The Balaban J connectivity index is 1.17. The highest BCUT2D eigenvalue weighted by atomic mass is 16.5. The number of benzene rings is 3. The molecule has 2 heterocycles. The normalized spacial score (nSPS) is 21.8. The molecule has 2 saturated heterocycles. The summed E-state index contributed by atoms with van der Waals surface area (Å²) in [5, 5.41) is 6.17. The fourth-order valence-corrected chi connectivity index (χ4v) is 6.05. The molecule has 41 heavy (non-hydrogen) atoms. The Morgan fingerprint density at radius 3 is 2.39 bits per heavy atom. The van der Waals surface area contributed by atoms with Gasteiger partial charge in [-0.3, -0.25) is 9.59 Å². The molecule has 3 atom stereocenters. The van der Waals surface area contributed by atoms with E-state index in [1.165, 1.54) is 5.56 Å². The summed E-state index contributed by atoms with van der Waals surface area (Å²) in [6.07, 6.45) is 2.88. The maximum atomic E-state index is 13.5. The number of nitrogens with zero attached hydrogens (tertiary/aromatic N) is 2. The topological polar surface area (TPSA) is 83.1 Å². The molecule has 3 aliphatic rings. The van der Waals surface area contributed by atoms with Crippen molar-refractivity contribution in [2.75, 3.05) is 61.6 Å². The first-order valence-corrected chi connectivity index (χ1v) is 14.6. The van der Waals surface area contributed by atoms with Crippen LogP contribution in [0, 0.1) is 5.92 Å². The van der Waals surface area contributed by atoms with Gasteiger partial charge in [-0.1, -0.05) is 42.5 Å². The number of amides is 2. The van der Waals surface area contributed by atoms with Crippen LogP contribution in [-0.2, 0) is 9.53 Å². The van der Waals surface area contributed by atoms with Crippen LogP contribution in [0.25, 0.3) is 0 Å². The summed E-state index contributed by atoms with van der Waals surface area (Å²) in [6, 6.07) is 24.0. The number of carbonyl (C=O) groups excluding carboxylic acids is 2. The van der Waals surface area contributed by atoms with Crippen LogP contribution >= 0.6 is 0 Å². The standard InChI is InChI=1S/C33H38N4O4/c1-40-31-12-6-5-11-30(31)37-17-15-36(16-18-37)29-14-13-24(20-28(29)32(38)34-22-25-10-7-19-41-25)35-33(39)27-21-26(27)23-8-3-2-4-9-23/h2-6,8-9,11-14,20,25-27H,7,10,15-19,21-22H2,1H3,(H,34,38)(H,35,39). The highest BCUT2D eigenvalue weighted by Crippen LogP contribution is 2.48. The van der Waals surface area contributed by atoms with Crippen molar-refractivity contribution in [2.45, 2.75) is 31.3 Å². The smallest absolute Gasteiger partial charge is 0.253 e. The lowest BCUT2D eigenvalue weighted by atomic mass is 10.1. The zero-order valence-corrected chi connectivity index (χ0v) is 23.6. The summed E-state index contributed by atoms with van der Waals surface area (Å²) in [6.45, 7) is 4.36. The number of ether oxygens (including phenoxy) is 2. The largest absolute Gasteiger partial charge is 0.495 e. The summed E-state index contributed by atoms with van der Waals surface area (Å²) in [5.74, 6) is 0.927. The summed E-state index contributed by atoms with van der Waals surface area (Å²) in [5.41, 5.74) is 4.37. The van der Waals surface area contributed by atoms with E-state index in [0.29, 0.717) is 17.8 Å². The summed E-state index contributed by atoms with van der Waals surface area (Å²) in [4.78, 5) is 31.2. The van der Waals surface area contributed by atoms with Crippen LogP contribution in [0.4, 0.5) is 17.1 Å². The van der Waals surface area contributed by atoms with E-state index in [9.17, 15) is 9.59 Å². The van der Waals surface area contributed by atoms with Gasteiger partial charge in [0.25, 0.3) is 5.91 Å². The molecule has 0 spiro atoms. The second-order valence-electron chi connectivity index (χ2n) is 11.1. The summed E-state index contributed by atoms with van der Waals surface area (Å²) < 4.78 is 11.3. The molecule has 3 aromatic carbocycles. The minimum atomic E-state index is -0.146. The number of methoxy groups -OCH3 is 1. The van der Waals surface area contributed by atoms with E-state index < -0.39 is 0 Å². The quantitative estimate of drug-likeness (QED) is 0.400. The molecule has 1 aliphatic carbocycles. The van der Waals surface area contributed by atoms with Crippen LogP contribution < -0.4 is 25.2 Å². The molecular weight excluding hydrogens is 516 g/mol. The first-order valence-electron chi connectivity index (χ1n) is 14.6. The predicted octanol–water partition coefficient (Wildman–Crippen LogP) is 4.67. The number of rotatable bonds is 9. The van der Waals surface area contributed by atoms with E-state index in [2.05, 4.69) is 38.6 Å². The van der Waals surface area contributed by atoms with Crippen LogP contribution in [-0.4, -0.2) is 64.4 Å². The Kier molecular flexibility index (Phi) is 8.09. The molecule has 3 unspecified atom stereocenters. The highest BCUT2D eigenvalue weighted by Gasteiger charge is 2.43. The number of carbonyl (C=O) groups is 2. The monoisotopic (exact) mass is 554 g/mol. The maximum Gasteiger partial charge on any atom is 0.253 e. The molecule has 8 nitrogen and oxygen atoms in total. The van der Waals surface area contributed by atoms with Gasteiger partial charge >= 0.3 is 0 Å². The molecule has 214 valence electrons. The fourth-order valence-electron chi connectivity index (χ4n) is 6.05. The minimum absolute atomic E-state index is 0.00254. The third-order valence-corrected chi connectivity index (χ3v) is 8.42. The SMILES string of the molecule is COc1ccccc1N1CCN(c2ccc(NC(=O)C3CC3c3ccccc3)cc2C(=O)NCC2CCCO2)CC1. The number of hydrogen-bond acceptors (Lipinski definition) is 6. The van der Waals surface area contributed by atoms with Gasteiger partial charge in [-0.05, 0) is 61.1 Å². The number of para-hydroxylation sites is 2. The Morgan fingerprint density at radius 1 is 0.927 bits per heavy atom. The molecule has 0 aromatic heterocycles. The lowest BCUT2D eigenvalue weighted by molar-refractivity contribution is -0.117. The van der Waals surface area contributed by atoms with Crippen molar-refractivity contribution in [3.8, 4) is 5.75 Å². The first-order chi connectivity index (χ1) is 20.1. The van der Waals surface area contributed by atoms with Crippen molar-refractivity contribution >= 4 is 28.9 Å². The zero-order chi connectivity index (χ0) is 28.2. The van der Waals surface area contributed by atoms with Gasteiger partial charge in [0.1, 0.15) is 5.75 Å². The average molecular weight is 555 g/mol. The number of hydrogen-bond donors (Lipinski definition) is 2. The fraction of sp³-hybridized carbons (Fsp3) is 0.394. The van der Waals surface area contributed by atoms with Crippen molar-refractivity contribution in [1.82, 2.24) is 5.32 Å². The Labute approximate surface area is 241 Å². The second-order valence-corrected chi connectivity index (χ2v) is 11.1. The number of anilines is 3. The third kappa shape index (κ3) is 6.17. The highest BCUT2D eigenvalue weighted by molar-refractivity contribution is 6.02. The Hall–Kier alpha value is -4.04. The van der Waals surface area contributed by atoms with E-state index in [4.69, 9.17) is 9.47 Å². The summed E-state index contributed by atoms with van der Waals surface area (Å²) >= 11 is 0. The molecule has 0 radical (unpaired) electrons.